The molecular formula is C10H12BrN5O. The zero-order chi connectivity index (χ0) is 12.4. The molecule has 0 saturated heterocycles. The average Bonchev–Trinajstić information content (AvgIpc) is 2.84. The number of aromatic amines is 1. The molecule has 0 aromatic carbocycles. The molecule has 17 heavy (non-hydrogen) atoms. The van der Waals surface area contributed by atoms with E-state index in [4.69, 9.17) is 0 Å². The Kier molecular flexibility index (Phi) is 3.28. The largest absolute Gasteiger partial charge is 0.343 e. The standard InChI is InChI=1S/C10H12BrN5O/c1-3-16-5-7(11)4-8(16)9(17)13-10-12-6(2)14-15-10/h4-5H,3H2,1-2H3,(H2,12,13,14,15,17). The van der Waals surface area contributed by atoms with Crippen LogP contribution in [0.2, 0.25) is 0 Å². The molecule has 2 aromatic heterocycles. The van der Waals surface area contributed by atoms with Crippen LogP contribution in [0.4, 0.5) is 5.95 Å². The minimum atomic E-state index is -0.225. The second-order valence-corrected chi connectivity index (χ2v) is 4.44. The van der Waals surface area contributed by atoms with Gasteiger partial charge in [-0.15, -0.1) is 5.10 Å². The number of halogens is 1. The van der Waals surface area contributed by atoms with Crippen LogP contribution in [0, 0.1) is 6.92 Å². The molecule has 0 unspecified atom stereocenters. The zero-order valence-electron chi connectivity index (χ0n) is 9.49. The number of nitrogens with zero attached hydrogens (tertiary/aromatic N) is 3. The number of hydrogen-bond donors (Lipinski definition) is 2. The Morgan fingerprint density at radius 2 is 2.41 bits per heavy atom. The molecule has 0 radical (unpaired) electrons. The van der Waals surface area contributed by atoms with Gasteiger partial charge in [0.2, 0.25) is 5.95 Å². The molecule has 2 N–H and O–H groups in total. The van der Waals surface area contributed by atoms with E-state index in [0.29, 0.717) is 11.5 Å². The fourth-order valence-electron chi connectivity index (χ4n) is 1.49. The van der Waals surface area contributed by atoms with E-state index in [1.54, 1.807) is 13.0 Å². The van der Waals surface area contributed by atoms with Gasteiger partial charge in [0.05, 0.1) is 0 Å². The molecule has 90 valence electrons. The molecule has 0 aliphatic heterocycles. The van der Waals surface area contributed by atoms with E-state index in [1.807, 2.05) is 17.7 Å². The number of aryl methyl sites for hydroxylation is 2. The lowest BCUT2D eigenvalue weighted by atomic mass is 10.4. The molecule has 0 bridgehead atoms. The van der Waals surface area contributed by atoms with Crippen molar-refractivity contribution in [3.63, 3.8) is 0 Å². The van der Waals surface area contributed by atoms with Crippen molar-refractivity contribution in [2.24, 2.45) is 0 Å². The van der Waals surface area contributed by atoms with Crippen LogP contribution in [0.15, 0.2) is 16.7 Å². The third-order valence-electron chi connectivity index (χ3n) is 2.26. The van der Waals surface area contributed by atoms with E-state index in [1.165, 1.54) is 0 Å². The van der Waals surface area contributed by atoms with Crippen molar-refractivity contribution in [2.45, 2.75) is 20.4 Å². The van der Waals surface area contributed by atoms with Crippen molar-refractivity contribution in [3.8, 4) is 0 Å². The Balaban J connectivity index is 2.19. The van der Waals surface area contributed by atoms with E-state index < -0.39 is 0 Å². The first-order valence-electron chi connectivity index (χ1n) is 5.16. The summed E-state index contributed by atoms with van der Waals surface area (Å²) >= 11 is 3.34. The smallest absolute Gasteiger partial charge is 0.274 e. The Bertz CT molecular complexity index is 545. The summed E-state index contributed by atoms with van der Waals surface area (Å²) in [5, 5.41) is 9.15. The van der Waals surface area contributed by atoms with Gasteiger partial charge in [-0.3, -0.25) is 15.2 Å². The SMILES string of the molecule is CCn1cc(Br)cc1C(=O)Nc1n[nH]c(C)n1. The molecule has 0 spiro atoms. The third-order valence-corrected chi connectivity index (χ3v) is 2.69. The molecule has 0 aliphatic rings. The Morgan fingerprint density at radius 1 is 1.65 bits per heavy atom. The minimum absolute atomic E-state index is 0.225. The maximum atomic E-state index is 12.0. The molecule has 1 amide bonds. The minimum Gasteiger partial charge on any atom is -0.343 e. The first-order valence-corrected chi connectivity index (χ1v) is 5.95. The molecule has 2 heterocycles. The molecule has 2 rings (SSSR count). The van der Waals surface area contributed by atoms with Gasteiger partial charge < -0.3 is 4.57 Å². The van der Waals surface area contributed by atoms with Crippen LogP contribution in [0.25, 0.3) is 0 Å². The van der Waals surface area contributed by atoms with Gasteiger partial charge >= 0.3 is 0 Å². The van der Waals surface area contributed by atoms with Crippen molar-refractivity contribution in [1.82, 2.24) is 19.7 Å². The highest BCUT2D eigenvalue weighted by Crippen LogP contribution is 2.15. The van der Waals surface area contributed by atoms with Crippen molar-refractivity contribution in [2.75, 3.05) is 5.32 Å². The maximum Gasteiger partial charge on any atom is 0.274 e. The van der Waals surface area contributed by atoms with Gasteiger partial charge in [-0.05, 0) is 35.8 Å². The van der Waals surface area contributed by atoms with Crippen LogP contribution in [-0.4, -0.2) is 25.7 Å². The van der Waals surface area contributed by atoms with Crippen LogP contribution < -0.4 is 5.32 Å². The van der Waals surface area contributed by atoms with Crippen LogP contribution >= 0.6 is 15.9 Å². The monoisotopic (exact) mass is 297 g/mol. The van der Waals surface area contributed by atoms with Crippen molar-refractivity contribution < 1.29 is 4.79 Å². The van der Waals surface area contributed by atoms with Crippen LogP contribution in [0.1, 0.15) is 23.2 Å². The normalized spacial score (nSPS) is 10.5. The first-order chi connectivity index (χ1) is 8.10. The molecular weight excluding hydrogens is 286 g/mol. The summed E-state index contributed by atoms with van der Waals surface area (Å²) in [4.78, 5) is 16.0. The number of carbonyl (C=O) groups excluding carboxylic acids is 1. The van der Waals surface area contributed by atoms with Crippen LogP contribution in [0.5, 0.6) is 0 Å². The van der Waals surface area contributed by atoms with Gasteiger partial charge in [0, 0.05) is 17.2 Å². The lowest BCUT2D eigenvalue weighted by Crippen LogP contribution is -2.17. The molecule has 0 aliphatic carbocycles. The highest BCUT2D eigenvalue weighted by molar-refractivity contribution is 9.10. The highest BCUT2D eigenvalue weighted by atomic mass is 79.9. The lowest BCUT2D eigenvalue weighted by Gasteiger charge is -2.04. The molecule has 7 heteroatoms. The average molecular weight is 298 g/mol. The summed E-state index contributed by atoms with van der Waals surface area (Å²) < 4.78 is 2.72. The fourth-order valence-corrected chi connectivity index (χ4v) is 1.95. The second kappa shape index (κ2) is 4.70. The van der Waals surface area contributed by atoms with Gasteiger partial charge in [0.15, 0.2) is 0 Å². The van der Waals surface area contributed by atoms with Crippen molar-refractivity contribution in [1.29, 1.82) is 0 Å². The van der Waals surface area contributed by atoms with Gasteiger partial charge in [-0.25, -0.2) is 0 Å². The van der Waals surface area contributed by atoms with Gasteiger partial charge in [-0.1, -0.05) is 0 Å². The number of anilines is 1. The Morgan fingerprint density at radius 3 is 3.00 bits per heavy atom. The van der Waals surface area contributed by atoms with Crippen LogP contribution in [0.3, 0.4) is 0 Å². The summed E-state index contributed by atoms with van der Waals surface area (Å²) in [5.41, 5.74) is 0.571. The van der Waals surface area contributed by atoms with Crippen molar-refractivity contribution >= 4 is 27.8 Å². The van der Waals surface area contributed by atoms with E-state index in [-0.39, 0.29) is 11.9 Å². The molecule has 2 aromatic rings. The number of hydrogen-bond acceptors (Lipinski definition) is 3. The summed E-state index contributed by atoms with van der Waals surface area (Å²) in [6.45, 7) is 4.47. The second-order valence-electron chi connectivity index (χ2n) is 3.53. The molecule has 0 atom stereocenters. The first kappa shape index (κ1) is 11.8. The Labute approximate surface area is 107 Å². The summed E-state index contributed by atoms with van der Waals surface area (Å²) in [7, 11) is 0. The van der Waals surface area contributed by atoms with E-state index in [0.717, 1.165) is 11.0 Å². The Hall–Kier alpha value is -1.63. The topological polar surface area (TPSA) is 75.6 Å². The summed E-state index contributed by atoms with van der Waals surface area (Å²) in [6, 6.07) is 1.76. The fraction of sp³-hybridized carbons (Fsp3) is 0.300. The van der Waals surface area contributed by atoms with Gasteiger partial charge in [0.1, 0.15) is 11.5 Å². The van der Waals surface area contributed by atoms with E-state index >= 15 is 0 Å². The third kappa shape index (κ3) is 2.55. The van der Waals surface area contributed by atoms with Crippen LogP contribution in [-0.2, 0) is 6.54 Å². The number of rotatable bonds is 3. The molecule has 0 saturated carbocycles. The molecule has 6 nitrogen and oxygen atoms in total. The maximum absolute atomic E-state index is 12.0. The molecule has 0 fully saturated rings. The predicted octanol–water partition coefficient (Wildman–Crippen LogP) is 1.95. The van der Waals surface area contributed by atoms with E-state index in [2.05, 4.69) is 36.4 Å². The van der Waals surface area contributed by atoms with E-state index in [9.17, 15) is 4.79 Å². The van der Waals surface area contributed by atoms with Crippen molar-refractivity contribution in [3.05, 3.63) is 28.3 Å². The highest BCUT2D eigenvalue weighted by Gasteiger charge is 2.14. The van der Waals surface area contributed by atoms with Gasteiger partial charge in [-0.2, -0.15) is 4.98 Å². The summed E-state index contributed by atoms with van der Waals surface area (Å²) in [5.74, 6) is 0.719. The summed E-state index contributed by atoms with van der Waals surface area (Å²) in [6.07, 6.45) is 1.86. The predicted molar refractivity (Wildman–Crippen MR) is 66.9 cm³/mol. The van der Waals surface area contributed by atoms with Gasteiger partial charge in [0.25, 0.3) is 5.91 Å². The zero-order valence-corrected chi connectivity index (χ0v) is 11.1. The lowest BCUT2D eigenvalue weighted by molar-refractivity contribution is 0.101. The number of aromatic nitrogens is 4. The number of carbonyl (C=O) groups is 1. The number of amides is 1. The quantitative estimate of drug-likeness (QED) is 0.909. The number of H-pyrrole nitrogens is 1. The number of nitrogens with one attached hydrogen (secondary N) is 2.